The van der Waals surface area contributed by atoms with Gasteiger partial charge < -0.3 is 15.2 Å². The van der Waals surface area contributed by atoms with Crippen molar-refractivity contribution in [3.05, 3.63) is 54.1 Å². The summed E-state index contributed by atoms with van der Waals surface area (Å²) in [6.07, 6.45) is -0.208. The van der Waals surface area contributed by atoms with Crippen molar-refractivity contribution in [2.75, 3.05) is 16.8 Å². The van der Waals surface area contributed by atoms with Crippen LogP contribution >= 0.6 is 11.8 Å². The van der Waals surface area contributed by atoms with Gasteiger partial charge in [-0.2, -0.15) is 0 Å². The van der Waals surface area contributed by atoms with Crippen LogP contribution < -0.4 is 15.0 Å². The summed E-state index contributed by atoms with van der Waals surface area (Å²) in [6, 6.07) is 12.3. The number of imide groups is 1. The largest absolute Gasteiger partial charge is 0.494 e. The van der Waals surface area contributed by atoms with E-state index in [0.29, 0.717) is 23.7 Å². The Labute approximate surface area is 170 Å². The average Bonchev–Trinajstić information content (AvgIpc) is 2.96. The zero-order valence-corrected chi connectivity index (χ0v) is 16.3. The minimum atomic E-state index is -1.11. The van der Waals surface area contributed by atoms with Crippen LogP contribution in [0.5, 0.6) is 5.75 Å². The van der Waals surface area contributed by atoms with Gasteiger partial charge in [0, 0.05) is 12.1 Å². The summed E-state index contributed by atoms with van der Waals surface area (Å²) < 4.78 is 5.35. The number of nitrogens with one attached hydrogen (secondary N) is 1. The van der Waals surface area contributed by atoms with Crippen molar-refractivity contribution in [2.45, 2.75) is 18.6 Å². The minimum absolute atomic E-state index is 0.0333. The molecule has 3 amide bonds. The van der Waals surface area contributed by atoms with Gasteiger partial charge in [0.2, 0.25) is 11.8 Å². The van der Waals surface area contributed by atoms with Gasteiger partial charge in [-0.15, -0.1) is 0 Å². The van der Waals surface area contributed by atoms with E-state index in [-0.39, 0.29) is 12.0 Å². The molecule has 1 saturated heterocycles. The topological polar surface area (TPSA) is 113 Å². The van der Waals surface area contributed by atoms with E-state index in [1.807, 2.05) is 6.92 Å². The number of thioether (sulfide) groups is 1. The van der Waals surface area contributed by atoms with Crippen molar-refractivity contribution in [2.24, 2.45) is 0 Å². The van der Waals surface area contributed by atoms with Crippen LogP contribution in [0.25, 0.3) is 0 Å². The van der Waals surface area contributed by atoms with Crippen molar-refractivity contribution >= 4 is 46.2 Å². The third-order valence-corrected chi connectivity index (χ3v) is 5.13. The highest BCUT2D eigenvalue weighted by molar-refractivity contribution is 8.15. The second-order valence-electron chi connectivity index (χ2n) is 6.11. The lowest BCUT2D eigenvalue weighted by Crippen LogP contribution is -2.32. The Morgan fingerprint density at radius 2 is 1.90 bits per heavy atom. The molecule has 1 aliphatic heterocycles. The Balaban J connectivity index is 1.65. The summed E-state index contributed by atoms with van der Waals surface area (Å²) in [7, 11) is 0. The van der Waals surface area contributed by atoms with Crippen LogP contribution in [0.15, 0.2) is 48.5 Å². The zero-order valence-electron chi connectivity index (χ0n) is 15.5. The van der Waals surface area contributed by atoms with Crippen molar-refractivity contribution in [3.63, 3.8) is 0 Å². The average molecular weight is 414 g/mol. The smallest absolute Gasteiger partial charge is 0.335 e. The van der Waals surface area contributed by atoms with E-state index < -0.39 is 28.3 Å². The van der Waals surface area contributed by atoms with Crippen molar-refractivity contribution in [1.29, 1.82) is 0 Å². The molecule has 0 radical (unpaired) electrons. The van der Waals surface area contributed by atoms with Gasteiger partial charge in [0.05, 0.1) is 17.9 Å². The van der Waals surface area contributed by atoms with Gasteiger partial charge in [-0.1, -0.05) is 6.07 Å². The molecule has 3 rings (SSSR count). The van der Waals surface area contributed by atoms with Crippen LogP contribution in [-0.2, 0) is 9.59 Å². The standard InChI is InChI=1S/C20H18N2O6S/c1-2-28-15-8-6-14(7-9-15)22-18(24)16(29-20(22)27)11-17(23)21-13-5-3-4-12(10-13)19(25)26/h3-10,16H,2,11H2,1H3,(H,21,23)(H,25,26). The molecule has 1 atom stereocenters. The number of carbonyl (C=O) groups excluding carboxylic acids is 3. The molecule has 1 unspecified atom stereocenters. The van der Waals surface area contributed by atoms with E-state index in [1.165, 1.54) is 18.2 Å². The first-order valence-corrected chi connectivity index (χ1v) is 9.67. The lowest BCUT2D eigenvalue weighted by atomic mass is 10.2. The van der Waals surface area contributed by atoms with Gasteiger partial charge in [-0.25, -0.2) is 9.69 Å². The number of aromatic carboxylic acids is 1. The molecule has 0 spiro atoms. The number of carbonyl (C=O) groups is 4. The van der Waals surface area contributed by atoms with E-state index in [4.69, 9.17) is 9.84 Å². The van der Waals surface area contributed by atoms with Crippen LogP contribution in [0.3, 0.4) is 0 Å². The molecule has 1 heterocycles. The molecule has 2 N–H and O–H groups in total. The lowest BCUT2D eigenvalue weighted by Gasteiger charge is -2.14. The molecule has 2 aromatic carbocycles. The number of benzene rings is 2. The fourth-order valence-electron chi connectivity index (χ4n) is 2.79. The molecule has 2 aromatic rings. The van der Waals surface area contributed by atoms with Crippen molar-refractivity contribution < 1.29 is 29.0 Å². The maximum absolute atomic E-state index is 12.7. The van der Waals surface area contributed by atoms with Gasteiger partial charge in [-0.05, 0) is 61.2 Å². The third kappa shape index (κ3) is 4.75. The second kappa shape index (κ2) is 8.78. The normalized spacial score (nSPS) is 16.0. The monoisotopic (exact) mass is 414 g/mol. The van der Waals surface area contributed by atoms with E-state index in [0.717, 1.165) is 16.7 Å². The van der Waals surface area contributed by atoms with Gasteiger partial charge in [0.1, 0.15) is 11.0 Å². The number of hydrogen-bond donors (Lipinski definition) is 2. The molecule has 0 bridgehead atoms. The first kappa shape index (κ1) is 20.4. The molecule has 1 aliphatic rings. The van der Waals surface area contributed by atoms with E-state index in [1.54, 1.807) is 30.3 Å². The molecule has 1 fully saturated rings. The molecular formula is C20H18N2O6S. The second-order valence-corrected chi connectivity index (χ2v) is 7.27. The Morgan fingerprint density at radius 1 is 1.17 bits per heavy atom. The summed E-state index contributed by atoms with van der Waals surface area (Å²) in [5.41, 5.74) is 0.749. The molecule has 0 aromatic heterocycles. The molecule has 29 heavy (non-hydrogen) atoms. The van der Waals surface area contributed by atoms with Crippen LogP contribution in [0, 0.1) is 0 Å². The number of carboxylic acids is 1. The highest BCUT2D eigenvalue weighted by Gasteiger charge is 2.41. The first-order chi connectivity index (χ1) is 13.9. The number of rotatable bonds is 7. The molecule has 150 valence electrons. The van der Waals surface area contributed by atoms with Gasteiger partial charge >= 0.3 is 5.97 Å². The lowest BCUT2D eigenvalue weighted by molar-refractivity contribution is -0.121. The predicted octanol–water partition coefficient (Wildman–Crippen LogP) is 3.38. The fraction of sp³-hybridized carbons (Fsp3) is 0.200. The summed E-state index contributed by atoms with van der Waals surface area (Å²) in [6.45, 7) is 2.36. The number of amides is 3. The molecule has 9 heteroatoms. The third-order valence-electron chi connectivity index (χ3n) is 4.09. The van der Waals surface area contributed by atoms with Crippen molar-refractivity contribution in [3.8, 4) is 5.75 Å². The zero-order chi connectivity index (χ0) is 21.0. The maximum Gasteiger partial charge on any atom is 0.335 e. The highest BCUT2D eigenvalue weighted by Crippen LogP contribution is 2.34. The maximum atomic E-state index is 12.7. The Kier molecular flexibility index (Phi) is 6.18. The van der Waals surface area contributed by atoms with Crippen LogP contribution in [0.4, 0.5) is 16.2 Å². The molecule has 8 nitrogen and oxygen atoms in total. The summed E-state index contributed by atoms with van der Waals surface area (Å²) >= 11 is 0.789. The van der Waals surface area contributed by atoms with E-state index in [9.17, 15) is 19.2 Å². The van der Waals surface area contributed by atoms with E-state index >= 15 is 0 Å². The SMILES string of the molecule is CCOc1ccc(N2C(=O)SC(CC(=O)Nc3cccc(C(=O)O)c3)C2=O)cc1. The quantitative estimate of drug-likeness (QED) is 0.714. The number of carboxylic acid groups (broad SMARTS) is 1. The minimum Gasteiger partial charge on any atom is -0.494 e. The highest BCUT2D eigenvalue weighted by atomic mass is 32.2. The van der Waals surface area contributed by atoms with Gasteiger partial charge in [-0.3, -0.25) is 14.4 Å². The Bertz CT molecular complexity index is 960. The van der Waals surface area contributed by atoms with E-state index in [2.05, 4.69) is 5.32 Å². The molecule has 0 aliphatic carbocycles. The Hall–Kier alpha value is -3.33. The van der Waals surface area contributed by atoms with Gasteiger partial charge in [0.15, 0.2) is 0 Å². The van der Waals surface area contributed by atoms with Crippen LogP contribution in [0.1, 0.15) is 23.7 Å². The summed E-state index contributed by atoms with van der Waals surface area (Å²) in [4.78, 5) is 49.3. The predicted molar refractivity (Wildman–Crippen MR) is 109 cm³/mol. The molecular weight excluding hydrogens is 396 g/mol. The Morgan fingerprint density at radius 3 is 2.55 bits per heavy atom. The number of anilines is 2. The number of nitrogens with zero attached hydrogens (tertiary/aromatic N) is 1. The fourth-order valence-corrected chi connectivity index (χ4v) is 3.77. The van der Waals surface area contributed by atoms with Crippen LogP contribution in [0.2, 0.25) is 0 Å². The summed E-state index contributed by atoms with van der Waals surface area (Å²) in [5.74, 6) is -1.44. The number of hydrogen-bond acceptors (Lipinski definition) is 6. The number of ether oxygens (including phenoxy) is 1. The molecule has 0 saturated carbocycles. The van der Waals surface area contributed by atoms with Gasteiger partial charge in [0.25, 0.3) is 5.24 Å². The summed E-state index contributed by atoms with van der Waals surface area (Å²) in [5, 5.41) is 10.3. The first-order valence-electron chi connectivity index (χ1n) is 8.79. The van der Waals surface area contributed by atoms with Crippen molar-refractivity contribution in [1.82, 2.24) is 0 Å². The van der Waals surface area contributed by atoms with Crippen LogP contribution in [-0.4, -0.2) is 40.0 Å².